The van der Waals surface area contributed by atoms with E-state index in [1.165, 1.54) is 11.1 Å². The van der Waals surface area contributed by atoms with Crippen LogP contribution in [0.25, 0.3) is 0 Å². The molecule has 1 aromatic carbocycles. The van der Waals surface area contributed by atoms with E-state index < -0.39 is 0 Å². The number of rotatable bonds is 5. The fourth-order valence-electron chi connectivity index (χ4n) is 1.94. The lowest BCUT2D eigenvalue weighted by Crippen LogP contribution is -2.24. The lowest BCUT2D eigenvalue weighted by atomic mass is 9.76. The van der Waals surface area contributed by atoms with E-state index in [0.29, 0.717) is 6.42 Å². The Morgan fingerprint density at radius 1 is 1.44 bits per heavy atom. The molecule has 0 aromatic heterocycles. The van der Waals surface area contributed by atoms with Crippen LogP contribution in [0.3, 0.4) is 0 Å². The average molecular weight is 219 g/mol. The normalized spacial score (nSPS) is 14.4. The third-order valence-corrected chi connectivity index (χ3v) is 3.42. The summed E-state index contributed by atoms with van der Waals surface area (Å²) in [5.74, 6) is -0.215. The van der Waals surface area contributed by atoms with Crippen LogP contribution in [0, 0.1) is 6.92 Å². The summed E-state index contributed by atoms with van der Waals surface area (Å²) in [5.41, 5.74) is 7.84. The minimum Gasteiger partial charge on any atom is -0.370 e. The molecule has 88 valence electrons. The molecule has 0 saturated carbocycles. The molecular weight excluding hydrogens is 198 g/mol. The molecule has 1 aromatic rings. The molecule has 0 aliphatic rings. The van der Waals surface area contributed by atoms with Crippen molar-refractivity contribution in [3.63, 3.8) is 0 Å². The van der Waals surface area contributed by atoms with Crippen LogP contribution in [0.5, 0.6) is 0 Å². The zero-order valence-electron chi connectivity index (χ0n) is 10.4. The van der Waals surface area contributed by atoms with Crippen molar-refractivity contribution in [1.82, 2.24) is 0 Å². The van der Waals surface area contributed by atoms with Gasteiger partial charge in [0.1, 0.15) is 0 Å². The molecule has 0 saturated heterocycles. The third kappa shape index (κ3) is 3.09. The molecule has 0 bridgehead atoms. The van der Waals surface area contributed by atoms with Crippen molar-refractivity contribution in [2.24, 2.45) is 5.73 Å². The Kier molecular flexibility index (Phi) is 4.11. The van der Waals surface area contributed by atoms with E-state index in [-0.39, 0.29) is 11.3 Å². The molecule has 1 rings (SSSR count). The second-order valence-electron chi connectivity index (χ2n) is 4.75. The molecule has 0 heterocycles. The standard InChI is InChI=1S/C14H21NO/c1-4-14(3,9-8-13(15)16)12-7-5-6-11(2)10-12/h5-7,10H,4,8-9H2,1-3H3,(H2,15,16). The number of carbonyl (C=O) groups is 1. The summed E-state index contributed by atoms with van der Waals surface area (Å²) in [6.45, 7) is 6.45. The summed E-state index contributed by atoms with van der Waals surface area (Å²) in [6.07, 6.45) is 2.30. The summed E-state index contributed by atoms with van der Waals surface area (Å²) in [7, 11) is 0. The Labute approximate surface area is 97.9 Å². The van der Waals surface area contributed by atoms with Gasteiger partial charge in [0.05, 0.1) is 0 Å². The van der Waals surface area contributed by atoms with Gasteiger partial charge in [0.15, 0.2) is 0 Å². The fraction of sp³-hybridized carbons (Fsp3) is 0.500. The number of benzene rings is 1. The first-order valence-corrected chi connectivity index (χ1v) is 5.83. The predicted octanol–water partition coefficient (Wildman–Crippen LogP) is 2.93. The first-order chi connectivity index (χ1) is 7.48. The SMILES string of the molecule is CCC(C)(CCC(N)=O)c1cccc(C)c1. The summed E-state index contributed by atoms with van der Waals surface area (Å²) < 4.78 is 0. The highest BCUT2D eigenvalue weighted by Crippen LogP contribution is 2.32. The van der Waals surface area contributed by atoms with E-state index in [1.807, 2.05) is 0 Å². The number of hydrogen-bond donors (Lipinski definition) is 1. The molecule has 0 spiro atoms. The van der Waals surface area contributed by atoms with Crippen LogP contribution < -0.4 is 5.73 Å². The van der Waals surface area contributed by atoms with Gasteiger partial charge in [-0.25, -0.2) is 0 Å². The molecule has 2 nitrogen and oxygen atoms in total. The highest BCUT2D eigenvalue weighted by atomic mass is 16.1. The van der Waals surface area contributed by atoms with Gasteiger partial charge in [-0.05, 0) is 30.7 Å². The van der Waals surface area contributed by atoms with Gasteiger partial charge in [0, 0.05) is 6.42 Å². The lowest BCUT2D eigenvalue weighted by molar-refractivity contribution is -0.118. The molecule has 0 aliphatic heterocycles. The molecule has 1 atom stereocenters. The molecule has 1 unspecified atom stereocenters. The maximum absolute atomic E-state index is 10.9. The first-order valence-electron chi connectivity index (χ1n) is 5.83. The fourth-order valence-corrected chi connectivity index (χ4v) is 1.94. The van der Waals surface area contributed by atoms with E-state index in [9.17, 15) is 4.79 Å². The van der Waals surface area contributed by atoms with Crippen molar-refractivity contribution < 1.29 is 4.79 Å². The number of carbonyl (C=O) groups excluding carboxylic acids is 1. The van der Waals surface area contributed by atoms with Gasteiger partial charge in [-0.3, -0.25) is 4.79 Å². The van der Waals surface area contributed by atoms with Gasteiger partial charge in [-0.1, -0.05) is 43.7 Å². The number of primary amides is 1. The Hall–Kier alpha value is -1.31. The summed E-state index contributed by atoms with van der Waals surface area (Å²) in [5, 5.41) is 0. The number of nitrogens with two attached hydrogens (primary N) is 1. The number of aryl methyl sites for hydroxylation is 1. The summed E-state index contributed by atoms with van der Waals surface area (Å²) in [4.78, 5) is 10.9. The Balaban J connectivity index is 2.90. The maximum atomic E-state index is 10.9. The van der Waals surface area contributed by atoms with E-state index in [1.54, 1.807) is 0 Å². The van der Waals surface area contributed by atoms with Crippen LogP contribution in [-0.4, -0.2) is 5.91 Å². The van der Waals surface area contributed by atoms with Crippen LogP contribution in [0.4, 0.5) is 0 Å². The van der Waals surface area contributed by atoms with Crippen LogP contribution >= 0.6 is 0 Å². The summed E-state index contributed by atoms with van der Waals surface area (Å²) >= 11 is 0. The van der Waals surface area contributed by atoms with Crippen molar-refractivity contribution in [2.45, 2.75) is 45.4 Å². The van der Waals surface area contributed by atoms with Crippen molar-refractivity contribution in [3.05, 3.63) is 35.4 Å². The Morgan fingerprint density at radius 2 is 2.12 bits per heavy atom. The highest BCUT2D eigenvalue weighted by molar-refractivity contribution is 5.73. The Bertz CT molecular complexity index is 373. The van der Waals surface area contributed by atoms with Crippen molar-refractivity contribution in [1.29, 1.82) is 0 Å². The minimum absolute atomic E-state index is 0.0566. The smallest absolute Gasteiger partial charge is 0.217 e. The van der Waals surface area contributed by atoms with E-state index in [4.69, 9.17) is 5.73 Å². The van der Waals surface area contributed by atoms with Gasteiger partial charge in [0.25, 0.3) is 0 Å². The molecule has 1 amide bonds. The van der Waals surface area contributed by atoms with Gasteiger partial charge >= 0.3 is 0 Å². The molecule has 16 heavy (non-hydrogen) atoms. The van der Waals surface area contributed by atoms with Crippen LogP contribution in [0.2, 0.25) is 0 Å². The second kappa shape index (κ2) is 5.15. The Morgan fingerprint density at radius 3 is 2.62 bits per heavy atom. The molecule has 0 fully saturated rings. The maximum Gasteiger partial charge on any atom is 0.217 e. The molecule has 2 N–H and O–H groups in total. The van der Waals surface area contributed by atoms with E-state index in [2.05, 4.69) is 45.0 Å². The van der Waals surface area contributed by atoms with Gasteiger partial charge in [-0.15, -0.1) is 0 Å². The lowest BCUT2D eigenvalue weighted by Gasteiger charge is -2.28. The van der Waals surface area contributed by atoms with Crippen LogP contribution in [0.1, 0.15) is 44.2 Å². The molecule has 0 radical (unpaired) electrons. The topological polar surface area (TPSA) is 43.1 Å². The van der Waals surface area contributed by atoms with Gasteiger partial charge < -0.3 is 5.73 Å². The molecular formula is C14H21NO. The largest absolute Gasteiger partial charge is 0.370 e. The zero-order chi connectivity index (χ0) is 12.2. The van der Waals surface area contributed by atoms with Gasteiger partial charge in [-0.2, -0.15) is 0 Å². The number of hydrogen-bond acceptors (Lipinski definition) is 1. The van der Waals surface area contributed by atoms with E-state index in [0.717, 1.165) is 12.8 Å². The van der Waals surface area contributed by atoms with E-state index >= 15 is 0 Å². The monoisotopic (exact) mass is 219 g/mol. The van der Waals surface area contributed by atoms with Crippen LogP contribution in [-0.2, 0) is 10.2 Å². The second-order valence-corrected chi connectivity index (χ2v) is 4.75. The van der Waals surface area contributed by atoms with Crippen LogP contribution in [0.15, 0.2) is 24.3 Å². The molecule has 2 heteroatoms. The highest BCUT2D eigenvalue weighted by Gasteiger charge is 2.24. The minimum atomic E-state index is -0.215. The average Bonchev–Trinajstić information content (AvgIpc) is 2.26. The third-order valence-electron chi connectivity index (χ3n) is 3.42. The van der Waals surface area contributed by atoms with Gasteiger partial charge in [0.2, 0.25) is 5.91 Å². The van der Waals surface area contributed by atoms with Crippen molar-refractivity contribution >= 4 is 5.91 Å². The van der Waals surface area contributed by atoms with Crippen molar-refractivity contribution in [3.8, 4) is 0 Å². The predicted molar refractivity (Wildman–Crippen MR) is 67.3 cm³/mol. The summed E-state index contributed by atoms with van der Waals surface area (Å²) in [6, 6.07) is 8.50. The van der Waals surface area contributed by atoms with Crippen molar-refractivity contribution in [2.75, 3.05) is 0 Å². The first kappa shape index (κ1) is 12.8. The quantitative estimate of drug-likeness (QED) is 0.813. The zero-order valence-corrected chi connectivity index (χ0v) is 10.4. The number of amides is 1. The molecule has 0 aliphatic carbocycles.